The summed E-state index contributed by atoms with van der Waals surface area (Å²) in [5.74, 6) is 0.243. The van der Waals surface area contributed by atoms with Crippen LogP contribution in [-0.2, 0) is 14.6 Å². The van der Waals surface area contributed by atoms with Gasteiger partial charge < -0.3 is 5.32 Å². The topological polar surface area (TPSA) is 63.2 Å². The first-order valence-electron chi connectivity index (χ1n) is 7.79. The van der Waals surface area contributed by atoms with Gasteiger partial charge in [0, 0.05) is 12.5 Å². The first-order valence-corrected chi connectivity index (χ1v) is 9.44. The molecule has 0 aliphatic rings. The van der Waals surface area contributed by atoms with Gasteiger partial charge in [-0.25, -0.2) is 8.42 Å². The van der Waals surface area contributed by atoms with Crippen molar-refractivity contribution in [3.63, 3.8) is 0 Å². The molecule has 4 nitrogen and oxygen atoms in total. The number of nitrogens with one attached hydrogen (secondary N) is 1. The monoisotopic (exact) mass is 325 g/mol. The van der Waals surface area contributed by atoms with Crippen LogP contribution in [0.5, 0.6) is 0 Å². The van der Waals surface area contributed by atoms with Crippen LogP contribution in [0.1, 0.15) is 45.6 Å². The molecule has 0 bridgehead atoms. The summed E-state index contributed by atoms with van der Waals surface area (Å²) >= 11 is 0. The summed E-state index contributed by atoms with van der Waals surface area (Å²) in [5.41, 5.74) is 1.01. The van der Waals surface area contributed by atoms with Crippen LogP contribution >= 0.6 is 0 Å². The molecule has 1 aromatic rings. The molecule has 1 atom stereocenters. The van der Waals surface area contributed by atoms with Crippen molar-refractivity contribution in [3.8, 4) is 0 Å². The lowest BCUT2D eigenvalue weighted by Crippen LogP contribution is -2.33. The van der Waals surface area contributed by atoms with Crippen molar-refractivity contribution in [3.05, 3.63) is 29.8 Å². The highest BCUT2D eigenvalue weighted by Gasteiger charge is 2.17. The molecular formula is C17H27NO3S. The molecule has 1 unspecified atom stereocenters. The van der Waals surface area contributed by atoms with E-state index in [1.165, 1.54) is 0 Å². The number of sulfone groups is 1. The summed E-state index contributed by atoms with van der Waals surface area (Å²) in [7, 11) is -3.39. The maximum Gasteiger partial charge on any atom is 0.221 e. The molecule has 0 saturated heterocycles. The predicted molar refractivity (Wildman–Crippen MR) is 89.5 cm³/mol. The number of carbonyl (C=O) groups excluding carboxylic acids is 1. The van der Waals surface area contributed by atoms with E-state index < -0.39 is 9.84 Å². The van der Waals surface area contributed by atoms with Gasteiger partial charge in [0.15, 0.2) is 9.84 Å². The molecule has 0 fully saturated rings. The molecule has 1 rings (SSSR count). The third-order valence-electron chi connectivity index (χ3n) is 3.56. The first kappa shape index (κ1) is 18.7. The number of hydrogen-bond donors (Lipinski definition) is 1. The summed E-state index contributed by atoms with van der Waals surface area (Å²) in [6, 6.07) is 6.79. The standard InChI is InChI=1S/C17H27NO3S/c1-13(2)5-8-15(4)18-17(19)11-12-22(20,21)16-9-6-14(3)7-10-16/h6-7,9-10,13,15H,5,8,11-12H2,1-4H3,(H,18,19). The normalized spacial score (nSPS) is 13.1. The minimum atomic E-state index is -3.39. The lowest BCUT2D eigenvalue weighted by atomic mass is 10.0. The van der Waals surface area contributed by atoms with Crippen molar-refractivity contribution >= 4 is 15.7 Å². The van der Waals surface area contributed by atoms with E-state index in [0.717, 1.165) is 18.4 Å². The summed E-state index contributed by atoms with van der Waals surface area (Å²) in [4.78, 5) is 12.1. The Morgan fingerprint density at radius 3 is 2.23 bits per heavy atom. The molecule has 5 heteroatoms. The number of benzene rings is 1. The van der Waals surface area contributed by atoms with Crippen LogP contribution in [0.25, 0.3) is 0 Å². The van der Waals surface area contributed by atoms with Crippen LogP contribution in [0.2, 0.25) is 0 Å². The lowest BCUT2D eigenvalue weighted by molar-refractivity contribution is -0.121. The first-order chi connectivity index (χ1) is 10.2. The molecule has 1 amide bonds. The zero-order valence-electron chi connectivity index (χ0n) is 13.9. The van der Waals surface area contributed by atoms with Crippen LogP contribution in [0.4, 0.5) is 0 Å². The average molecular weight is 325 g/mol. The molecule has 22 heavy (non-hydrogen) atoms. The molecule has 0 radical (unpaired) electrons. The fourth-order valence-electron chi connectivity index (χ4n) is 2.09. The van der Waals surface area contributed by atoms with Gasteiger partial charge in [0.1, 0.15) is 0 Å². The molecule has 0 aliphatic carbocycles. The number of amides is 1. The second-order valence-corrected chi connectivity index (χ2v) is 8.43. The van der Waals surface area contributed by atoms with Gasteiger partial charge in [-0.1, -0.05) is 31.5 Å². The largest absolute Gasteiger partial charge is 0.354 e. The second kappa shape index (κ2) is 8.32. The molecule has 0 saturated carbocycles. The number of aryl methyl sites for hydroxylation is 1. The summed E-state index contributed by atoms with van der Waals surface area (Å²) in [6.45, 7) is 8.14. The van der Waals surface area contributed by atoms with Crippen LogP contribution in [0, 0.1) is 12.8 Å². The van der Waals surface area contributed by atoms with Crippen molar-refractivity contribution in [1.29, 1.82) is 0 Å². The van der Waals surface area contributed by atoms with Crippen molar-refractivity contribution in [2.75, 3.05) is 5.75 Å². The number of rotatable bonds is 8. The van der Waals surface area contributed by atoms with Crippen LogP contribution in [0.15, 0.2) is 29.2 Å². The van der Waals surface area contributed by atoms with Gasteiger partial charge in [0.25, 0.3) is 0 Å². The van der Waals surface area contributed by atoms with Gasteiger partial charge in [-0.15, -0.1) is 0 Å². The highest BCUT2D eigenvalue weighted by molar-refractivity contribution is 7.91. The molecule has 1 N–H and O–H groups in total. The van der Waals surface area contributed by atoms with Gasteiger partial charge in [0.2, 0.25) is 5.91 Å². The quantitative estimate of drug-likeness (QED) is 0.799. The molecule has 0 aromatic heterocycles. The van der Waals surface area contributed by atoms with E-state index in [9.17, 15) is 13.2 Å². The zero-order chi connectivity index (χ0) is 16.8. The Labute approximate surface area is 134 Å². The van der Waals surface area contributed by atoms with Gasteiger partial charge in [-0.05, 0) is 44.7 Å². The SMILES string of the molecule is Cc1ccc(S(=O)(=O)CCC(=O)NC(C)CCC(C)C)cc1. The van der Waals surface area contributed by atoms with E-state index in [2.05, 4.69) is 19.2 Å². The Morgan fingerprint density at radius 2 is 1.68 bits per heavy atom. The molecule has 0 spiro atoms. The smallest absolute Gasteiger partial charge is 0.221 e. The van der Waals surface area contributed by atoms with Crippen LogP contribution < -0.4 is 5.32 Å². The highest BCUT2D eigenvalue weighted by atomic mass is 32.2. The van der Waals surface area contributed by atoms with E-state index in [0.29, 0.717) is 5.92 Å². The van der Waals surface area contributed by atoms with E-state index >= 15 is 0 Å². The summed E-state index contributed by atoms with van der Waals surface area (Å²) in [6.07, 6.45) is 1.96. The third-order valence-corrected chi connectivity index (χ3v) is 5.29. The van der Waals surface area contributed by atoms with Crippen molar-refractivity contribution in [2.24, 2.45) is 5.92 Å². The molecule has 0 heterocycles. The van der Waals surface area contributed by atoms with Crippen LogP contribution in [-0.4, -0.2) is 26.1 Å². The minimum Gasteiger partial charge on any atom is -0.354 e. The Kier molecular flexibility index (Phi) is 7.07. The Hall–Kier alpha value is -1.36. The fraction of sp³-hybridized carbons (Fsp3) is 0.588. The van der Waals surface area contributed by atoms with Crippen molar-refractivity contribution in [1.82, 2.24) is 5.32 Å². The molecular weight excluding hydrogens is 298 g/mol. The molecule has 124 valence electrons. The fourth-order valence-corrected chi connectivity index (χ4v) is 3.33. The summed E-state index contributed by atoms with van der Waals surface area (Å²) in [5, 5.41) is 2.87. The van der Waals surface area contributed by atoms with E-state index in [-0.39, 0.29) is 29.0 Å². The Balaban J connectivity index is 2.47. The number of hydrogen-bond acceptors (Lipinski definition) is 3. The van der Waals surface area contributed by atoms with E-state index in [1.807, 2.05) is 13.8 Å². The maximum atomic E-state index is 12.2. The van der Waals surface area contributed by atoms with Gasteiger partial charge in [-0.3, -0.25) is 4.79 Å². The zero-order valence-corrected chi connectivity index (χ0v) is 14.7. The van der Waals surface area contributed by atoms with Crippen LogP contribution in [0.3, 0.4) is 0 Å². The van der Waals surface area contributed by atoms with Gasteiger partial charge in [-0.2, -0.15) is 0 Å². The lowest BCUT2D eigenvalue weighted by Gasteiger charge is -2.15. The molecule has 1 aromatic carbocycles. The van der Waals surface area contributed by atoms with Gasteiger partial charge in [0.05, 0.1) is 10.6 Å². The van der Waals surface area contributed by atoms with Gasteiger partial charge >= 0.3 is 0 Å². The predicted octanol–water partition coefficient (Wildman–Crippen LogP) is 3.10. The Bertz CT molecular complexity index is 576. The van der Waals surface area contributed by atoms with Crippen molar-refractivity contribution in [2.45, 2.75) is 57.9 Å². The number of carbonyl (C=O) groups is 1. The third kappa shape index (κ3) is 6.60. The highest BCUT2D eigenvalue weighted by Crippen LogP contribution is 2.13. The minimum absolute atomic E-state index is 0.00221. The van der Waals surface area contributed by atoms with Crippen molar-refractivity contribution < 1.29 is 13.2 Å². The Morgan fingerprint density at radius 1 is 1.09 bits per heavy atom. The molecule has 0 aliphatic heterocycles. The average Bonchev–Trinajstić information content (AvgIpc) is 2.43. The summed E-state index contributed by atoms with van der Waals surface area (Å²) < 4.78 is 24.3. The van der Waals surface area contributed by atoms with E-state index in [4.69, 9.17) is 0 Å². The maximum absolute atomic E-state index is 12.2. The second-order valence-electron chi connectivity index (χ2n) is 6.32. The van der Waals surface area contributed by atoms with E-state index in [1.54, 1.807) is 24.3 Å².